The minimum atomic E-state index is -0.961. The van der Waals surface area contributed by atoms with Crippen molar-refractivity contribution in [3.8, 4) is 0 Å². The largest absolute Gasteiger partial charge is 0.465 e. The zero-order valence-electron chi connectivity index (χ0n) is 9.12. The van der Waals surface area contributed by atoms with E-state index in [1.807, 2.05) is 0 Å². The summed E-state index contributed by atoms with van der Waals surface area (Å²) in [6.07, 6.45) is 1.32. The summed E-state index contributed by atoms with van der Waals surface area (Å²) in [6.45, 7) is 3.86. The monoisotopic (exact) mass is 215 g/mol. The lowest BCUT2D eigenvalue weighted by Gasteiger charge is -2.19. The van der Waals surface area contributed by atoms with Crippen LogP contribution in [0.25, 0.3) is 0 Å². The first-order chi connectivity index (χ1) is 7.05. The first-order valence-corrected chi connectivity index (χ1v) is 5.17. The van der Waals surface area contributed by atoms with Crippen LogP contribution in [0.3, 0.4) is 0 Å². The van der Waals surface area contributed by atoms with Gasteiger partial charge in [-0.25, -0.2) is 0 Å². The molecule has 1 aliphatic carbocycles. The van der Waals surface area contributed by atoms with Crippen LogP contribution in [0, 0.1) is 5.92 Å². The van der Waals surface area contributed by atoms with Crippen molar-refractivity contribution in [3.63, 3.8) is 0 Å². The molecule has 86 valence electrons. The zero-order chi connectivity index (χ0) is 11.5. The topological polar surface area (TPSA) is 78.6 Å². The van der Waals surface area contributed by atoms with Crippen molar-refractivity contribution in [3.05, 3.63) is 0 Å². The molecule has 1 saturated carbocycles. The smallest absolute Gasteiger partial charge is 0.322 e. The lowest BCUT2D eigenvalue weighted by Crippen LogP contribution is -2.44. The Hall–Kier alpha value is -1.10. The van der Waals surface area contributed by atoms with Gasteiger partial charge in [-0.05, 0) is 26.7 Å². The summed E-state index contributed by atoms with van der Waals surface area (Å²) in [5.74, 6) is -2.11. The quantitative estimate of drug-likeness (QED) is 0.524. The van der Waals surface area contributed by atoms with E-state index in [9.17, 15) is 9.59 Å². The summed E-state index contributed by atoms with van der Waals surface area (Å²) in [6, 6.07) is 0. The van der Waals surface area contributed by atoms with Crippen LogP contribution in [-0.2, 0) is 19.1 Å². The van der Waals surface area contributed by atoms with Gasteiger partial charge in [0.2, 0.25) is 0 Å². The number of esters is 2. The molecule has 5 nitrogen and oxygen atoms in total. The maximum absolute atomic E-state index is 11.5. The highest BCUT2D eigenvalue weighted by atomic mass is 16.6. The van der Waals surface area contributed by atoms with Crippen LogP contribution >= 0.6 is 0 Å². The van der Waals surface area contributed by atoms with Crippen molar-refractivity contribution < 1.29 is 19.1 Å². The molecule has 1 aliphatic rings. The summed E-state index contributed by atoms with van der Waals surface area (Å²) < 4.78 is 9.64. The van der Waals surface area contributed by atoms with Gasteiger partial charge in [-0.15, -0.1) is 0 Å². The van der Waals surface area contributed by atoms with Gasteiger partial charge in [-0.1, -0.05) is 0 Å². The summed E-state index contributed by atoms with van der Waals surface area (Å²) in [4.78, 5) is 23.1. The highest BCUT2D eigenvalue weighted by Gasteiger charge is 2.54. The first kappa shape index (κ1) is 12.0. The van der Waals surface area contributed by atoms with E-state index < -0.39 is 23.4 Å². The van der Waals surface area contributed by atoms with Gasteiger partial charge in [-0.2, -0.15) is 0 Å². The molecule has 2 N–H and O–H groups in total. The molecule has 0 atom stereocenters. The lowest BCUT2D eigenvalue weighted by atomic mass is 9.98. The predicted molar refractivity (Wildman–Crippen MR) is 52.9 cm³/mol. The number of hydrogen-bond donors (Lipinski definition) is 1. The third-order valence-corrected chi connectivity index (χ3v) is 2.45. The number of ether oxygens (including phenoxy) is 2. The molecular weight excluding hydrogens is 198 g/mol. The average Bonchev–Trinajstić information content (AvgIpc) is 2.85. The minimum Gasteiger partial charge on any atom is -0.465 e. The molecule has 0 aliphatic heterocycles. The fourth-order valence-electron chi connectivity index (χ4n) is 1.45. The van der Waals surface area contributed by atoms with E-state index in [2.05, 4.69) is 0 Å². The molecule has 0 heterocycles. The fraction of sp³-hybridized carbons (Fsp3) is 0.800. The van der Waals surface area contributed by atoms with Crippen molar-refractivity contribution in [2.45, 2.75) is 32.2 Å². The van der Waals surface area contributed by atoms with Gasteiger partial charge in [-0.3, -0.25) is 9.59 Å². The Kier molecular flexibility index (Phi) is 3.68. The highest BCUT2D eigenvalue weighted by molar-refractivity contribution is 5.97. The van der Waals surface area contributed by atoms with E-state index >= 15 is 0 Å². The van der Waals surface area contributed by atoms with Crippen LogP contribution in [-0.4, -0.2) is 30.7 Å². The second kappa shape index (κ2) is 4.61. The summed E-state index contributed by atoms with van der Waals surface area (Å²) in [7, 11) is 0. The van der Waals surface area contributed by atoms with Gasteiger partial charge in [0.25, 0.3) is 0 Å². The van der Waals surface area contributed by atoms with E-state index in [4.69, 9.17) is 15.2 Å². The Morgan fingerprint density at radius 1 is 1.20 bits per heavy atom. The van der Waals surface area contributed by atoms with Gasteiger partial charge >= 0.3 is 11.9 Å². The molecule has 5 heteroatoms. The number of hydrogen-bond acceptors (Lipinski definition) is 5. The van der Waals surface area contributed by atoms with Gasteiger partial charge in [0, 0.05) is 5.54 Å². The fourth-order valence-corrected chi connectivity index (χ4v) is 1.45. The van der Waals surface area contributed by atoms with Crippen LogP contribution < -0.4 is 5.73 Å². The van der Waals surface area contributed by atoms with Crippen molar-refractivity contribution in [2.24, 2.45) is 11.7 Å². The Morgan fingerprint density at radius 3 is 1.87 bits per heavy atom. The molecule has 1 rings (SSSR count). The van der Waals surface area contributed by atoms with Crippen molar-refractivity contribution in [1.29, 1.82) is 0 Å². The Morgan fingerprint density at radius 2 is 1.60 bits per heavy atom. The molecule has 0 spiro atoms. The zero-order valence-corrected chi connectivity index (χ0v) is 9.12. The van der Waals surface area contributed by atoms with Crippen molar-refractivity contribution >= 4 is 11.9 Å². The average molecular weight is 215 g/mol. The standard InChI is InChI=1S/C10H17NO4/c1-3-14-8(12)7(9(13)15-4-2)10(11)5-6-10/h7H,3-6,11H2,1-2H3. The molecular formula is C10H17NO4. The van der Waals surface area contributed by atoms with Gasteiger partial charge in [0.15, 0.2) is 5.92 Å². The maximum atomic E-state index is 11.5. The van der Waals surface area contributed by atoms with Crippen LogP contribution in [0.15, 0.2) is 0 Å². The molecule has 0 aromatic rings. The molecule has 1 fully saturated rings. The van der Waals surface area contributed by atoms with Gasteiger partial charge < -0.3 is 15.2 Å². The Labute approximate surface area is 88.9 Å². The molecule has 0 radical (unpaired) electrons. The van der Waals surface area contributed by atoms with Crippen molar-refractivity contribution in [2.75, 3.05) is 13.2 Å². The van der Waals surface area contributed by atoms with E-state index in [-0.39, 0.29) is 13.2 Å². The third-order valence-electron chi connectivity index (χ3n) is 2.45. The van der Waals surface area contributed by atoms with E-state index in [1.165, 1.54) is 0 Å². The molecule has 0 amide bonds. The molecule has 0 aromatic carbocycles. The van der Waals surface area contributed by atoms with Gasteiger partial charge in [0.1, 0.15) is 0 Å². The van der Waals surface area contributed by atoms with Crippen LogP contribution in [0.4, 0.5) is 0 Å². The highest BCUT2D eigenvalue weighted by Crippen LogP contribution is 2.40. The maximum Gasteiger partial charge on any atom is 0.322 e. The molecule has 0 unspecified atom stereocenters. The Bertz CT molecular complexity index is 242. The summed E-state index contributed by atoms with van der Waals surface area (Å²) in [5, 5.41) is 0. The van der Waals surface area contributed by atoms with Crippen LogP contribution in [0.1, 0.15) is 26.7 Å². The molecule has 15 heavy (non-hydrogen) atoms. The number of carbonyl (C=O) groups is 2. The number of rotatable bonds is 5. The van der Waals surface area contributed by atoms with E-state index in [0.29, 0.717) is 12.8 Å². The molecule has 0 saturated heterocycles. The van der Waals surface area contributed by atoms with Crippen LogP contribution in [0.5, 0.6) is 0 Å². The second-order valence-electron chi connectivity index (χ2n) is 3.67. The molecule has 0 aromatic heterocycles. The summed E-state index contributed by atoms with van der Waals surface area (Å²) >= 11 is 0. The normalized spacial score (nSPS) is 17.3. The van der Waals surface area contributed by atoms with Gasteiger partial charge in [0.05, 0.1) is 13.2 Å². The Balaban J connectivity index is 2.69. The van der Waals surface area contributed by atoms with Crippen LogP contribution in [0.2, 0.25) is 0 Å². The summed E-state index contributed by atoms with van der Waals surface area (Å²) in [5.41, 5.74) is 5.11. The van der Waals surface area contributed by atoms with Crippen molar-refractivity contribution in [1.82, 2.24) is 0 Å². The lowest BCUT2D eigenvalue weighted by molar-refractivity contribution is -0.163. The molecule has 0 bridgehead atoms. The van der Waals surface area contributed by atoms with E-state index in [1.54, 1.807) is 13.8 Å². The number of nitrogens with two attached hydrogens (primary N) is 1. The van der Waals surface area contributed by atoms with E-state index in [0.717, 1.165) is 0 Å². The number of carbonyl (C=O) groups excluding carboxylic acids is 2. The minimum absolute atomic E-state index is 0.241. The second-order valence-corrected chi connectivity index (χ2v) is 3.67. The SMILES string of the molecule is CCOC(=O)C(C(=O)OCC)C1(N)CC1. The third kappa shape index (κ3) is 2.68. The predicted octanol–water partition coefficient (Wildman–Crippen LogP) is 0.220. The first-order valence-electron chi connectivity index (χ1n) is 5.17.